The zero-order valence-corrected chi connectivity index (χ0v) is 13.5. The predicted octanol–water partition coefficient (Wildman–Crippen LogP) is 4.16. The van der Waals surface area contributed by atoms with E-state index in [1.165, 1.54) is 6.07 Å². The van der Waals surface area contributed by atoms with Crippen LogP contribution in [-0.4, -0.2) is 15.5 Å². The van der Waals surface area contributed by atoms with Crippen LogP contribution in [0.3, 0.4) is 0 Å². The van der Waals surface area contributed by atoms with E-state index < -0.39 is 11.9 Å². The fourth-order valence-corrected chi connectivity index (χ4v) is 2.73. The zero-order chi connectivity index (χ0) is 18.0. The summed E-state index contributed by atoms with van der Waals surface area (Å²) in [5.74, 6) is -0.269. The second-order valence-electron chi connectivity index (χ2n) is 5.76. The number of aromatic nitrogens is 2. The lowest BCUT2D eigenvalue weighted by Gasteiger charge is -2.08. The molecule has 1 aromatic carbocycles. The van der Waals surface area contributed by atoms with Crippen LogP contribution in [0.4, 0.5) is 18.9 Å². The molecule has 1 N–H and O–H groups in total. The van der Waals surface area contributed by atoms with Crippen LogP contribution in [0.1, 0.15) is 17.7 Å². The molecule has 0 saturated heterocycles. The molecule has 3 rings (SSSR count). The third kappa shape index (κ3) is 3.81. The Bertz CT molecular complexity index is 898. The van der Waals surface area contributed by atoms with Crippen LogP contribution in [0, 0.1) is 0 Å². The monoisotopic (exact) mass is 347 g/mol. The number of nitrogens with one attached hydrogen (secondary N) is 1. The maximum absolute atomic E-state index is 12.5. The Labute approximate surface area is 142 Å². The van der Waals surface area contributed by atoms with Crippen molar-refractivity contribution in [3.63, 3.8) is 0 Å². The number of fused-ring (bicyclic) bond motifs is 1. The quantitative estimate of drug-likeness (QED) is 0.770. The number of nitrogens with zero attached hydrogens (tertiary/aromatic N) is 2. The summed E-state index contributed by atoms with van der Waals surface area (Å²) in [5, 5.41) is 3.66. The molecule has 0 aliphatic carbocycles. The molecule has 2 aromatic heterocycles. The van der Waals surface area contributed by atoms with Crippen molar-refractivity contribution in [2.24, 2.45) is 7.05 Å². The lowest BCUT2D eigenvalue weighted by molar-refractivity contribution is -0.141. The van der Waals surface area contributed by atoms with Crippen LogP contribution in [0.5, 0.6) is 0 Å². The number of benzene rings is 1. The minimum atomic E-state index is -4.49. The van der Waals surface area contributed by atoms with E-state index in [1.54, 1.807) is 0 Å². The molecule has 25 heavy (non-hydrogen) atoms. The van der Waals surface area contributed by atoms with Crippen LogP contribution >= 0.6 is 0 Å². The maximum Gasteiger partial charge on any atom is 0.433 e. The van der Waals surface area contributed by atoms with Gasteiger partial charge in [-0.1, -0.05) is 18.2 Å². The summed E-state index contributed by atoms with van der Waals surface area (Å²) in [5.41, 5.74) is 1.40. The third-order valence-corrected chi connectivity index (χ3v) is 3.94. The van der Waals surface area contributed by atoms with E-state index in [2.05, 4.69) is 10.3 Å². The number of anilines is 1. The first-order valence-electron chi connectivity index (χ1n) is 7.70. The summed E-state index contributed by atoms with van der Waals surface area (Å²) in [4.78, 5) is 15.4. The highest BCUT2D eigenvalue weighted by Gasteiger charge is 2.32. The standard InChI is InChI=1S/C18H16F3N3O/c1-24-11-12(14-4-2-3-5-15(14)24)6-9-17(25)23-13-7-8-16(22-10-13)18(19,20)21/h2-5,7-8,10-11H,6,9H2,1H3,(H,23,25). The number of amides is 1. The van der Waals surface area contributed by atoms with Crippen LogP contribution in [-0.2, 0) is 24.4 Å². The van der Waals surface area contributed by atoms with Crippen molar-refractivity contribution in [1.29, 1.82) is 0 Å². The Morgan fingerprint density at radius 1 is 1.20 bits per heavy atom. The number of pyridine rings is 1. The highest BCUT2D eigenvalue weighted by molar-refractivity contribution is 5.91. The van der Waals surface area contributed by atoms with Gasteiger partial charge in [-0.25, -0.2) is 4.98 Å². The summed E-state index contributed by atoms with van der Waals surface area (Å²) in [7, 11) is 1.94. The van der Waals surface area contributed by atoms with Gasteiger partial charge in [-0.05, 0) is 30.2 Å². The molecule has 130 valence electrons. The van der Waals surface area contributed by atoms with Gasteiger partial charge in [-0.15, -0.1) is 0 Å². The average molecular weight is 347 g/mol. The van der Waals surface area contributed by atoms with Gasteiger partial charge in [0.15, 0.2) is 0 Å². The number of carbonyl (C=O) groups excluding carboxylic acids is 1. The normalized spacial score (nSPS) is 11.7. The lowest BCUT2D eigenvalue weighted by Crippen LogP contribution is -2.13. The smallest absolute Gasteiger partial charge is 0.350 e. The Morgan fingerprint density at radius 2 is 1.96 bits per heavy atom. The molecule has 0 atom stereocenters. The van der Waals surface area contributed by atoms with Crippen molar-refractivity contribution in [2.75, 3.05) is 5.32 Å². The molecule has 0 saturated carbocycles. The van der Waals surface area contributed by atoms with E-state index in [1.807, 2.05) is 42.1 Å². The highest BCUT2D eigenvalue weighted by atomic mass is 19.4. The minimum absolute atomic E-state index is 0.231. The molecule has 1 amide bonds. The van der Waals surface area contributed by atoms with Crippen molar-refractivity contribution >= 4 is 22.5 Å². The Hall–Kier alpha value is -2.83. The average Bonchev–Trinajstić information content (AvgIpc) is 2.89. The number of carbonyl (C=O) groups is 1. The first kappa shape index (κ1) is 17.0. The van der Waals surface area contributed by atoms with Gasteiger partial charge in [0.1, 0.15) is 5.69 Å². The van der Waals surface area contributed by atoms with Crippen molar-refractivity contribution in [2.45, 2.75) is 19.0 Å². The maximum atomic E-state index is 12.5. The molecular formula is C18H16F3N3O. The number of rotatable bonds is 4. The van der Waals surface area contributed by atoms with Gasteiger partial charge in [0.05, 0.1) is 11.9 Å². The van der Waals surface area contributed by atoms with Crippen LogP contribution < -0.4 is 5.32 Å². The summed E-state index contributed by atoms with van der Waals surface area (Å²) in [6, 6.07) is 9.96. The van der Waals surface area contributed by atoms with E-state index in [0.717, 1.165) is 28.7 Å². The van der Waals surface area contributed by atoms with E-state index in [4.69, 9.17) is 0 Å². The van der Waals surface area contributed by atoms with Crippen molar-refractivity contribution < 1.29 is 18.0 Å². The Kier molecular flexibility index (Phi) is 4.48. The Balaban J connectivity index is 1.63. The van der Waals surface area contributed by atoms with E-state index in [-0.39, 0.29) is 18.0 Å². The predicted molar refractivity (Wildman–Crippen MR) is 89.1 cm³/mol. The highest BCUT2D eigenvalue weighted by Crippen LogP contribution is 2.28. The number of hydrogen-bond donors (Lipinski definition) is 1. The molecule has 7 heteroatoms. The fraction of sp³-hybridized carbons (Fsp3) is 0.222. The first-order valence-corrected chi connectivity index (χ1v) is 7.70. The van der Waals surface area contributed by atoms with Gasteiger partial charge in [0, 0.05) is 30.6 Å². The van der Waals surface area contributed by atoms with Gasteiger partial charge in [-0.2, -0.15) is 13.2 Å². The molecule has 0 bridgehead atoms. The van der Waals surface area contributed by atoms with Gasteiger partial charge in [0.2, 0.25) is 5.91 Å². The van der Waals surface area contributed by atoms with Gasteiger partial charge >= 0.3 is 6.18 Å². The van der Waals surface area contributed by atoms with E-state index >= 15 is 0 Å². The Morgan fingerprint density at radius 3 is 2.64 bits per heavy atom. The molecule has 0 aliphatic rings. The van der Waals surface area contributed by atoms with E-state index in [9.17, 15) is 18.0 Å². The molecule has 0 aliphatic heterocycles. The fourth-order valence-electron chi connectivity index (χ4n) is 2.73. The van der Waals surface area contributed by atoms with Crippen LogP contribution in [0.2, 0.25) is 0 Å². The molecule has 4 nitrogen and oxygen atoms in total. The first-order chi connectivity index (χ1) is 11.8. The lowest BCUT2D eigenvalue weighted by atomic mass is 10.1. The SMILES string of the molecule is Cn1cc(CCC(=O)Nc2ccc(C(F)(F)F)nc2)c2ccccc21. The molecule has 0 unspecified atom stereocenters. The van der Waals surface area contributed by atoms with Gasteiger partial charge < -0.3 is 9.88 Å². The number of para-hydroxylation sites is 1. The molecule has 3 aromatic rings. The summed E-state index contributed by atoms with van der Waals surface area (Å²) >= 11 is 0. The second kappa shape index (κ2) is 6.58. The molecular weight excluding hydrogens is 331 g/mol. The topological polar surface area (TPSA) is 46.9 Å². The second-order valence-corrected chi connectivity index (χ2v) is 5.76. The number of hydrogen-bond acceptors (Lipinski definition) is 2. The van der Waals surface area contributed by atoms with Crippen molar-refractivity contribution in [3.05, 3.63) is 60.0 Å². The molecule has 0 fully saturated rings. The number of halogens is 3. The summed E-state index contributed by atoms with van der Waals surface area (Å²) in [6.07, 6.45) is -0.719. The number of aryl methyl sites for hydroxylation is 2. The molecule has 0 spiro atoms. The van der Waals surface area contributed by atoms with E-state index in [0.29, 0.717) is 6.42 Å². The largest absolute Gasteiger partial charge is 0.433 e. The minimum Gasteiger partial charge on any atom is -0.350 e. The molecule has 2 heterocycles. The van der Waals surface area contributed by atoms with Crippen molar-refractivity contribution in [3.8, 4) is 0 Å². The van der Waals surface area contributed by atoms with Crippen LogP contribution in [0.15, 0.2) is 48.8 Å². The summed E-state index contributed by atoms with van der Waals surface area (Å²) in [6.45, 7) is 0. The zero-order valence-electron chi connectivity index (χ0n) is 13.5. The van der Waals surface area contributed by atoms with Crippen molar-refractivity contribution in [1.82, 2.24) is 9.55 Å². The van der Waals surface area contributed by atoms with Gasteiger partial charge in [0.25, 0.3) is 0 Å². The summed E-state index contributed by atoms with van der Waals surface area (Å²) < 4.78 is 39.4. The van der Waals surface area contributed by atoms with Gasteiger partial charge in [-0.3, -0.25) is 4.79 Å². The number of alkyl halides is 3. The van der Waals surface area contributed by atoms with Crippen LogP contribution in [0.25, 0.3) is 10.9 Å². The molecule has 0 radical (unpaired) electrons. The third-order valence-electron chi connectivity index (χ3n) is 3.94.